The second-order valence-corrected chi connectivity index (χ2v) is 5.24. The van der Waals surface area contributed by atoms with Gasteiger partial charge in [0.1, 0.15) is 0 Å². The summed E-state index contributed by atoms with van der Waals surface area (Å²) in [6.45, 7) is 2.23. The number of nitrogens with zero attached hydrogens (tertiary/aromatic N) is 3. The lowest BCUT2D eigenvalue weighted by atomic mass is 9.91. The second-order valence-electron chi connectivity index (χ2n) is 5.24. The van der Waals surface area contributed by atoms with E-state index in [1.807, 2.05) is 6.20 Å². The van der Waals surface area contributed by atoms with Crippen molar-refractivity contribution in [1.82, 2.24) is 14.9 Å². The molecule has 3 heteroatoms. The van der Waals surface area contributed by atoms with Gasteiger partial charge in [0.05, 0.1) is 11.9 Å². The molecule has 1 saturated heterocycles. The fraction of sp³-hybridized carbons (Fsp3) is 0.294. The first kappa shape index (κ1) is 13.0. The highest BCUT2D eigenvalue weighted by Crippen LogP contribution is 2.30. The molecule has 0 amide bonds. The highest BCUT2D eigenvalue weighted by Gasteiger charge is 2.17. The molecular weight excluding hydrogens is 246 g/mol. The van der Waals surface area contributed by atoms with Gasteiger partial charge < -0.3 is 4.90 Å². The van der Waals surface area contributed by atoms with Gasteiger partial charge in [-0.3, -0.25) is 9.97 Å². The van der Waals surface area contributed by atoms with Crippen molar-refractivity contribution in [3.63, 3.8) is 0 Å². The quantitative estimate of drug-likeness (QED) is 0.836. The SMILES string of the molecule is CN1CCC(=C(c2ccccc2)c2cnccn2)CC1. The zero-order valence-corrected chi connectivity index (χ0v) is 11.8. The number of benzene rings is 1. The minimum absolute atomic E-state index is 0.984. The van der Waals surface area contributed by atoms with Crippen LogP contribution in [0.5, 0.6) is 0 Å². The Labute approximate surface area is 120 Å². The summed E-state index contributed by atoms with van der Waals surface area (Å²) in [4.78, 5) is 11.1. The highest BCUT2D eigenvalue weighted by molar-refractivity contribution is 5.80. The Bertz CT molecular complexity index is 539. The number of piperidine rings is 1. The van der Waals surface area contributed by atoms with Gasteiger partial charge in [-0.25, -0.2) is 0 Å². The molecule has 1 fully saturated rings. The van der Waals surface area contributed by atoms with Crippen molar-refractivity contribution < 1.29 is 0 Å². The Morgan fingerprint density at radius 1 is 1.05 bits per heavy atom. The van der Waals surface area contributed by atoms with E-state index in [-0.39, 0.29) is 0 Å². The maximum absolute atomic E-state index is 4.52. The number of hydrogen-bond donors (Lipinski definition) is 0. The summed E-state index contributed by atoms with van der Waals surface area (Å²) < 4.78 is 0. The van der Waals surface area contributed by atoms with Crippen molar-refractivity contribution in [3.8, 4) is 0 Å². The summed E-state index contributed by atoms with van der Waals surface area (Å²) in [5.74, 6) is 0. The van der Waals surface area contributed by atoms with E-state index in [2.05, 4.69) is 52.2 Å². The van der Waals surface area contributed by atoms with E-state index in [1.54, 1.807) is 12.4 Å². The average Bonchev–Trinajstić information content (AvgIpc) is 2.52. The molecule has 3 rings (SSSR count). The molecule has 3 nitrogen and oxygen atoms in total. The molecule has 102 valence electrons. The van der Waals surface area contributed by atoms with Gasteiger partial charge in [-0.15, -0.1) is 0 Å². The summed E-state index contributed by atoms with van der Waals surface area (Å²) >= 11 is 0. The van der Waals surface area contributed by atoms with Crippen molar-refractivity contribution in [2.45, 2.75) is 12.8 Å². The van der Waals surface area contributed by atoms with Crippen LogP contribution in [0.25, 0.3) is 5.57 Å². The molecule has 0 aliphatic carbocycles. The lowest BCUT2D eigenvalue weighted by Crippen LogP contribution is -2.27. The van der Waals surface area contributed by atoms with Gasteiger partial charge in [-0.2, -0.15) is 0 Å². The van der Waals surface area contributed by atoms with Crippen LogP contribution in [-0.2, 0) is 0 Å². The monoisotopic (exact) mass is 265 g/mol. The molecule has 0 N–H and O–H groups in total. The van der Waals surface area contributed by atoms with Crippen LogP contribution in [0.1, 0.15) is 24.1 Å². The van der Waals surface area contributed by atoms with Crippen molar-refractivity contribution in [2.24, 2.45) is 0 Å². The molecule has 1 aromatic heterocycles. The van der Waals surface area contributed by atoms with E-state index < -0.39 is 0 Å². The molecule has 2 aromatic rings. The van der Waals surface area contributed by atoms with Crippen LogP contribution < -0.4 is 0 Å². The predicted molar refractivity (Wildman–Crippen MR) is 81.2 cm³/mol. The molecule has 0 bridgehead atoms. The molecule has 0 saturated carbocycles. The summed E-state index contributed by atoms with van der Waals surface area (Å²) in [5.41, 5.74) is 4.99. The topological polar surface area (TPSA) is 29.0 Å². The maximum Gasteiger partial charge on any atom is 0.0890 e. The van der Waals surface area contributed by atoms with Crippen molar-refractivity contribution in [2.75, 3.05) is 20.1 Å². The zero-order valence-electron chi connectivity index (χ0n) is 11.8. The van der Waals surface area contributed by atoms with Crippen LogP contribution in [-0.4, -0.2) is 35.0 Å². The Hall–Kier alpha value is -2.00. The summed E-state index contributed by atoms with van der Waals surface area (Å²) in [6, 6.07) is 10.5. The first-order valence-corrected chi connectivity index (χ1v) is 7.07. The van der Waals surface area contributed by atoms with E-state index in [0.29, 0.717) is 0 Å². The molecule has 0 radical (unpaired) electrons. The summed E-state index contributed by atoms with van der Waals surface area (Å²) in [7, 11) is 2.18. The third-order valence-corrected chi connectivity index (χ3v) is 3.83. The summed E-state index contributed by atoms with van der Waals surface area (Å²) in [6.07, 6.45) is 7.58. The Kier molecular flexibility index (Phi) is 3.88. The second kappa shape index (κ2) is 5.97. The first-order valence-electron chi connectivity index (χ1n) is 7.07. The van der Waals surface area contributed by atoms with Gasteiger partial charge in [0, 0.05) is 31.1 Å². The van der Waals surface area contributed by atoms with Crippen molar-refractivity contribution >= 4 is 5.57 Å². The fourth-order valence-corrected chi connectivity index (χ4v) is 2.70. The van der Waals surface area contributed by atoms with Gasteiger partial charge >= 0.3 is 0 Å². The van der Waals surface area contributed by atoms with Crippen LogP contribution in [0.2, 0.25) is 0 Å². The Balaban J connectivity index is 2.07. The third kappa shape index (κ3) is 2.78. The lowest BCUT2D eigenvalue weighted by Gasteiger charge is -2.26. The highest BCUT2D eigenvalue weighted by atomic mass is 15.1. The first-order chi connectivity index (χ1) is 9.84. The molecule has 0 spiro atoms. The number of rotatable bonds is 2. The van der Waals surface area contributed by atoms with Crippen LogP contribution in [0.3, 0.4) is 0 Å². The molecule has 1 aromatic carbocycles. The van der Waals surface area contributed by atoms with Gasteiger partial charge in [0.25, 0.3) is 0 Å². The molecule has 1 aliphatic rings. The van der Waals surface area contributed by atoms with E-state index >= 15 is 0 Å². The Morgan fingerprint density at radius 3 is 2.45 bits per heavy atom. The standard InChI is InChI=1S/C17H19N3/c1-20-11-7-15(8-12-20)17(14-5-3-2-4-6-14)16-13-18-9-10-19-16/h2-6,9-10,13H,7-8,11-12H2,1H3. The van der Waals surface area contributed by atoms with Crippen LogP contribution in [0.15, 0.2) is 54.5 Å². The van der Waals surface area contributed by atoms with Crippen LogP contribution >= 0.6 is 0 Å². The van der Waals surface area contributed by atoms with Gasteiger partial charge in [0.15, 0.2) is 0 Å². The molecule has 0 atom stereocenters. The van der Waals surface area contributed by atoms with Gasteiger partial charge in [0.2, 0.25) is 0 Å². The van der Waals surface area contributed by atoms with E-state index in [4.69, 9.17) is 0 Å². The normalized spacial score (nSPS) is 16.1. The van der Waals surface area contributed by atoms with Gasteiger partial charge in [-0.1, -0.05) is 35.9 Å². The van der Waals surface area contributed by atoms with Crippen molar-refractivity contribution in [3.05, 3.63) is 65.8 Å². The summed E-state index contributed by atoms with van der Waals surface area (Å²) in [5, 5.41) is 0. The number of aromatic nitrogens is 2. The van der Waals surface area contributed by atoms with Crippen LogP contribution in [0.4, 0.5) is 0 Å². The van der Waals surface area contributed by atoms with E-state index in [1.165, 1.54) is 16.7 Å². The molecule has 1 aliphatic heterocycles. The lowest BCUT2D eigenvalue weighted by molar-refractivity contribution is 0.313. The van der Waals surface area contributed by atoms with Crippen LogP contribution in [0, 0.1) is 0 Å². The van der Waals surface area contributed by atoms with Gasteiger partial charge in [-0.05, 0) is 25.5 Å². The van der Waals surface area contributed by atoms with E-state index in [9.17, 15) is 0 Å². The average molecular weight is 265 g/mol. The molecule has 2 heterocycles. The third-order valence-electron chi connectivity index (χ3n) is 3.83. The zero-order chi connectivity index (χ0) is 13.8. The maximum atomic E-state index is 4.52. The van der Waals surface area contributed by atoms with E-state index in [0.717, 1.165) is 31.6 Å². The largest absolute Gasteiger partial charge is 0.306 e. The van der Waals surface area contributed by atoms with Crippen molar-refractivity contribution in [1.29, 1.82) is 0 Å². The molecule has 0 unspecified atom stereocenters. The minimum Gasteiger partial charge on any atom is -0.306 e. The Morgan fingerprint density at radius 2 is 1.80 bits per heavy atom. The number of likely N-dealkylation sites (tertiary alicyclic amines) is 1. The fourth-order valence-electron chi connectivity index (χ4n) is 2.70. The molecule has 20 heavy (non-hydrogen) atoms. The smallest absolute Gasteiger partial charge is 0.0890 e. The number of hydrogen-bond acceptors (Lipinski definition) is 3. The predicted octanol–water partition coefficient (Wildman–Crippen LogP) is 3.00. The molecular formula is C17H19N3. The minimum atomic E-state index is 0.984.